The zero-order chi connectivity index (χ0) is 24.7. The molecule has 5 rings (SSSR count). The number of piperidine rings is 1. The second kappa shape index (κ2) is 9.47. The maximum Gasteiger partial charge on any atom is 0.166 e. The van der Waals surface area contributed by atoms with Crippen molar-refractivity contribution in [1.82, 2.24) is 10.3 Å². The summed E-state index contributed by atoms with van der Waals surface area (Å²) in [5, 5.41) is 14.5. The van der Waals surface area contributed by atoms with Gasteiger partial charge in [-0.25, -0.2) is 9.37 Å². The Bertz CT molecular complexity index is 1270. The summed E-state index contributed by atoms with van der Waals surface area (Å²) in [5.74, 6) is 0.619. The highest BCUT2D eigenvalue weighted by Gasteiger charge is 2.41. The lowest BCUT2D eigenvalue weighted by molar-refractivity contribution is -0.0336. The molecule has 3 aromatic rings. The molecule has 2 aromatic carbocycles. The minimum absolute atomic E-state index is 0.0946. The number of nitrogens with one attached hydrogen (secondary N) is 1. The fraction of sp³-hybridized carbons (Fsp3) is 0.346. The van der Waals surface area contributed by atoms with Gasteiger partial charge in [0.05, 0.1) is 11.1 Å². The van der Waals surface area contributed by atoms with Crippen molar-refractivity contribution in [3.05, 3.63) is 69.6 Å². The lowest BCUT2D eigenvalue weighted by Crippen LogP contribution is -2.49. The number of pyridine rings is 1. The Labute approximate surface area is 213 Å². The topological polar surface area (TPSA) is 89.6 Å². The van der Waals surface area contributed by atoms with Gasteiger partial charge in [0.1, 0.15) is 23.3 Å². The summed E-state index contributed by atoms with van der Waals surface area (Å²) in [7, 11) is 0. The first-order valence-corrected chi connectivity index (χ1v) is 12.3. The first-order valence-electron chi connectivity index (χ1n) is 11.5. The van der Waals surface area contributed by atoms with Gasteiger partial charge in [-0.3, -0.25) is 0 Å². The minimum atomic E-state index is -0.676. The highest BCUT2D eigenvalue weighted by Crippen LogP contribution is 2.45. The molecule has 184 valence electrons. The van der Waals surface area contributed by atoms with Gasteiger partial charge in [0.25, 0.3) is 0 Å². The van der Waals surface area contributed by atoms with E-state index in [1.54, 1.807) is 19.2 Å². The number of aliphatic hydroxyl groups excluding tert-OH is 1. The van der Waals surface area contributed by atoms with Gasteiger partial charge in [-0.15, -0.1) is 0 Å². The Hall–Kier alpha value is -2.58. The van der Waals surface area contributed by atoms with Crippen molar-refractivity contribution in [3.63, 3.8) is 0 Å². The molecule has 4 N–H and O–H groups in total. The third-order valence-corrected chi connectivity index (χ3v) is 7.49. The Morgan fingerprint density at radius 3 is 2.74 bits per heavy atom. The molecule has 1 unspecified atom stereocenters. The standard InChI is InChI=1S/C26H26Cl2FN3O3/c1-14(23-18(27)3-4-19(29)24(23)28)34-22-11-16(13-32-25(22)30)15-2-5-21-17(10-15)20(33)12-26(35-21)6-8-31-9-7-26/h2-5,10-11,13-14,20,31,33H,6-9,12H2,1H3,(H2,30,32)/t14-,20?/m1/s1. The summed E-state index contributed by atoms with van der Waals surface area (Å²) in [6.45, 7) is 3.47. The van der Waals surface area contributed by atoms with Crippen LogP contribution in [-0.4, -0.2) is 28.8 Å². The number of halogens is 3. The molecule has 9 heteroatoms. The Kier molecular flexibility index (Phi) is 6.53. The lowest BCUT2D eigenvalue weighted by atomic mass is 9.82. The predicted molar refractivity (Wildman–Crippen MR) is 135 cm³/mol. The van der Waals surface area contributed by atoms with Gasteiger partial charge in [0, 0.05) is 34.3 Å². The SMILES string of the molecule is C[C@@H](Oc1cc(-c2ccc3c(c2)C(O)CC2(CCNCC2)O3)cnc1N)c1c(Cl)ccc(F)c1Cl. The smallest absolute Gasteiger partial charge is 0.166 e. The summed E-state index contributed by atoms with van der Waals surface area (Å²) < 4.78 is 26.4. The number of nitrogens with two attached hydrogens (primary N) is 1. The number of fused-ring (bicyclic) bond motifs is 1. The fourth-order valence-electron chi connectivity index (χ4n) is 4.88. The Morgan fingerprint density at radius 1 is 1.20 bits per heavy atom. The molecule has 3 heterocycles. The molecule has 0 bridgehead atoms. The van der Waals surface area contributed by atoms with Crippen LogP contribution in [0, 0.1) is 5.82 Å². The van der Waals surface area contributed by atoms with Crippen molar-refractivity contribution in [3.8, 4) is 22.6 Å². The Balaban J connectivity index is 1.42. The molecule has 2 aliphatic heterocycles. The number of hydrogen-bond acceptors (Lipinski definition) is 6. The van der Waals surface area contributed by atoms with Crippen LogP contribution in [0.4, 0.5) is 10.2 Å². The molecule has 0 amide bonds. The van der Waals surface area contributed by atoms with Crippen LogP contribution in [-0.2, 0) is 0 Å². The average molecular weight is 518 g/mol. The van der Waals surface area contributed by atoms with E-state index < -0.39 is 18.0 Å². The maximum atomic E-state index is 14.0. The lowest BCUT2D eigenvalue weighted by Gasteiger charge is -2.43. The number of nitrogen functional groups attached to an aromatic ring is 1. The average Bonchev–Trinajstić information content (AvgIpc) is 2.83. The highest BCUT2D eigenvalue weighted by atomic mass is 35.5. The van der Waals surface area contributed by atoms with Gasteiger partial charge in [-0.1, -0.05) is 29.3 Å². The number of rotatable bonds is 4. The number of anilines is 1. The van der Waals surface area contributed by atoms with Gasteiger partial charge < -0.3 is 25.6 Å². The van der Waals surface area contributed by atoms with Gasteiger partial charge in [-0.05, 0) is 68.8 Å². The molecular formula is C26H26Cl2FN3O3. The van der Waals surface area contributed by atoms with E-state index in [0.29, 0.717) is 28.5 Å². The third kappa shape index (κ3) is 4.66. The fourth-order valence-corrected chi connectivity index (χ4v) is 5.56. The zero-order valence-corrected chi connectivity index (χ0v) is 20.7. The molecule has 35 heavy (non-hydrogen) atoms. The van der Waals surface area contributed by atoms with E-state index in [1.807, 2.05) is 18.2 Å². The number of aliphatic hydroxyl groups is 1. The van der Waals surface area contributed by atoms with E-state index in [0.717, 1.165) is 42.6 Å². The molecule has 1 saturated heterocycles. The first-order chi connectivity index (χ1) is 16.8. The van der Waals surface area contributed by atoms with Crippen LogP contribution < -0.4 is 20.5 Å². The van der Waals surface area contributed by atoms with E-state index in [4.69, 9.17) is 38.4 Å². The predicted octanol–water partition coefficient (Wildman–Crippen LogP) is 5.85. The molecule has 1 fully saturated rings. The number of aromatic nitrogens is 1. The summed E-state index contributed by atoms with van der Waals surface area (Å²) in [6, 6.07) is 10.1. The van der Waals surface area contributed by atoms with E-state index >= 15 is 0 Å². The zero-order valence-electron chi connectivity index (χ0n) is 19.2. The van der Waals surface area contributed by atoms with Crippen LogP contribution in [0.25, 0.3) is 11.1 Å². The van der Waals surface area contributed by atoms with Gasteiger partial charge >= 0.3 is 0 Å². The van der Waals surface area contributed by atoms with E-state index in [-0.39, 0.29) is 16.4 Å². The highest BCUT2D eigenvalue weighted by molar-refractivity contribution is 6.36. The molecule has 0 radical (unpaired) electrons. The monoisotopic (exact) mass is 517 g/mol. The molecule has 2 aliphatic rings. The number of hydrogen-bond donors (Lipinski definition) is 3. The maximum absolute atomic E-state index is 14.0. The van der Waals surface area contributed by atoms with Crippen LogP contribution in [0.15, 0.2) is 42.6 Å². The molecular weight excluding hydrogens is 492 g/mol. The number of benzene rings is 2. The summed E-state index contributed by atoms with van der Waals surface area (Å²) in [6.07, 6.45) is 2.64. The van der Waals surface area contributed by atoms with Crippen LogP contribution >= 0.6 is 23.2 Å². The van der Waals surface area contributed by atoms with Crippen molar-refractivity contribution in [2.24, 2.45) is 0 Å². The van der Waals surface area contributed by atoms with Crippen molar-refractivity contribution < 1.29 is 19.0 Å². The molecule has 2 atom stereocenters. The largest absolute Gasteiger partial charge is 0.487 e. The molecule has 1 spiro atoms. The van der Waals surface area contributed by atoms with Crippen LogP contribution in [0.2, 0.25) is 10.0 Å². The summed E-state index contributed by atoms with van der Waals surface area (Å²) >= 11 is 12.4. The normalized spacial score (nSPS) is 19.6. The molecule has 0 aliphatic carbocycles. The molecule has 1 aromatic heterocycles. The second-order valence-electron chi connectivity index (χ2n) is 9.13. The summed E-state index contributed by atoms with van der Waals surface area (Å²) in [5.41, 5.74) is 8.41. The van der Waals surface area contributed by atoms with Gasteiger partial charge in [-0.2, -0.15) is 0 Å². The first kappa shape index (κ1) is 24.1. The van der Waals surface area contributed by atoms with E-state index in [1.165, 1.54) is 12.1 Å². The van der Waals surface area contributed by atoms with E-state index in [9.17, 15) is 9.50 Å². The van der Waals surface area contributed by atoms with Crippen molar-refractivity contribution in [2.75, 3.05) is 18.8 Å². The molecule has 0 saturated carbocycles. The Morgan fingerprint density at radius 2 is 1.97 bits per heavy atom. The minimum Gasteiger partial charge on any atom is -0.487 e. The van der Waals surface area contributed by atoms with Crippen LogP contribution in [0.1, 0.15) is 49.5 Å². The third-order valence-electron chi connectivity index (χ3n) is 6.78. The number of nitrogens with zero attached hydrogens (tertiary/aromatic N) is 1. The van der Waals surface area contributed by atoms with Crippen molar-refractivity contribution in [2.45, 2.75) is 44.0 Å². The van der Waals surface area contributed by atoms with E-state index in [2.05, 4.69) is 10.3 Å². The van der Waals surface area contributed by atoms with Crippen molar-refractivity contribution in [1.29, 1.82) is 0 Å². The van der Waals surface area contributed by atoms with Gasteiger partial charge in [0.2, 0.25) is 0 Å². The van der Waals surface area contributed by atoms with Gasteiger partial charge in [0.15, 0.2) is 11.6 Å². The quantitative estimate of drug-likeness (QED) is 0.376. The molecule has 6 nitrogen and oxygen atoms in total. The second-order valence-corrected chi connectivity index (χ2v) is 9.92. The van der Waals surface area contributed by atoms with Crippen LogP contribution in [0.3, 0.4) is 0 Å². The number of ether oxygens (including phenoxy) is 2. The summed E-state index contributed by atoms with van der Waals surface area (Å²) in [4.78, 5) is 4.28. The van der Waals surface area contributed by atoms with Crippen molar-refractivity contribution >= 4 is 29.0 Å². The van der Waals surface area contributed by atoms with Crippen LogP contribution in [0.5, 0.6) is 11.5 Å².